The number of para-hydroxylation sites is 2. The van der Waals surface area contributed by atoms with E-state index in [9.17, 15) is 0 Å². The first kappa shape index (κ1) is 29.2. The molecule has 0 spiro atoms. The maximum absolute atomic E-state index is 4.94. The van der Waals surface area contributed by atoms with Crippen LogP contribution in [0.15, 0.2) is 154 Å². The van der Waals surface area contributed by atoms with Crippen LogP contribution in [-0.2, 0) is 0 Å². The molecule has 0 aliphatic heterocycles. The molecule has 0 N–H and O–H groups in total. The molecule has 0 aliphatic rings. The van der Waals surface area contributed by atoms with Gasteiger partial charge in [-0.15, -0.1) is 0 Å². The molecule has 0 unspecified atom stereocenters. The molecule has 6 rings (SSSR count). The number of rotatable bonds is 10. The minimum Gasteiger partial charge on any atom is -0.245 e. The van der Waals surface area contributed by atoms with Crippen molar-refractivity contribution in [2.24, 2.45) is 0 Å². The number of aromatic nitrogens is 2. The fourth-order valence-electron chi connectivity index (χ4n) is 4.45. The van der Waals surface area contributed by atoms with Crippen LogP contribution in [0.3, 0.4) is 0 Å². The van der Waals surface area contributed by atoms with Crippen molar-refractivity contribution < 1.29 is 0 Å². The van der Waals surface area contributed by atoms with Crippen molar-refractivity contribution in [1.82, 2.24) is 9.97 Å². The van der Waals surface area contributed by atoms with Gasteiger partial charge >= 0.3 is 0 Å². The number of fused-ring (bicyclic) bond motifs is 1. The molecule has 212 valence electrons. The van der Waals surface area contributed by atoms with Crippen molar-refractivity contribution in [3.8, 4) is 0 Å². The van der Waals surface area contributed by atoms with Gasteiger partial charge in [-0.1, -0.05) is 133 Å². The van der Waals surface area contributed by atoms with Crippen molar-refractivity contribution in [3.05, 3.63) is 178 Å². The largest absolute Gasteiger partial charge is 0.245 e. The van der Waals surface area contributed by atoms with Gasteiger partial charge in [-0.3, -0.25) is 0 Å². The monoisotopic (exact) mass is 602 g/mol. The van der Waals surface area contributed by atoms with E-state index in [4.69, 9.17) is 9.97 Å². The van der Waals surface area contributed by atoms with E-state index in [0.717, 1.165) is 33.5 Å². The molecule has 4 heteroatoms. The summed E-state index contributed by atoms with van der Waals surface area (Å²) in [7, 11) is 0. The van der Waals surface area contributed by atoms with E-state index >= 15 is 0 Å². The van der Waals surface area contributed by atoms with Crippen LogP contribution in [0.1, 0.15) is 33.6 Å². The molecule has 2 nitrogen and oxygen atoms in total. The van der Waals surface area contributed by atoms with Crippen LogP contribution in [0.5, 0.6) is 0 Å². The zero-order valence-corrected chi connectivity index (χ0v) is 25.7. The van der Waals surface area contributed by atoms with Crippen molar-refractivity contribution in [2.45, 2.75) is 9.79 Å². The number of benzene rings is 5. The standard InChI is InChI=1S/C40H30N2S2/c1-3-9-31(10-4-1)27-29-43-35-21-15-33(16-22-35)19-25-39-40(42-38-14-8-7-13-37(38)41-39)26-20-34-17-23-36(24-18-34)44-30-28-32-11-5-2-6-12-32/h1-30H. The van der Waals surface area contributed by atoms with Crippen LogP contribution in [0.4, 0.5) is 0 Å². The molecule has 0 bridgehead atoms. The lowest BCUT2D eigenvalue weighted by Gasteiger charge is -2.04. The second-order valence-electron chi connectivity index (χ2n) is 9.95. The van der Waals surface area contributed by atoms with Crippen LogP contribution >= 0.6 is 23.5 Å². The summed E-state index contributed by atoms with van der Waals surface area (Å²) in [5.41, 5.74) is 8.05. The van der Waals surface area contributed by atoms with Gasteiger partial charge in [0.2, 0.25) is 0 Å². The number of hydrogen-bond donors (Lipinski definition) is 0. The maximum Gasteiger partial charge on any atom is 0.0894 e. The quantitative estimate of drug-likeness (QED) is 0.146. The third-order valence-electron chi connectivity index (χ3n) is 6.78. The summed E-state index contributed by atoms with van der Waals surface area (Å²) in [4.78, 5) is 12.3. The Morgan fingerprint density at radius 3 is 1.11 bits per heavy atom. The van der Waals surface area contributed by atoms with Gasteiger partial charge in [0.1, 0.15) is 0 Å². The summed E-state index contributed by atoms with van der Waals surface area (Å²) in [6, 6.07) is 45.8. The maximum atomic E-state index is 4.94. The molecular formula is C40H30N2S2. The van der Waals surface area contributed by atoms with Crippen LogP contribution in [-0.4, -0.2) is 9.97 Å². The van der Waals surface area contributed by atoms with E-state index in [1.807, 2.05) is 36.4 Å². The van der Waals surface area contributed by atoms with Gasteiger partial charge in [0.05, 0.1) is 22.4 Å². The summed E-state index contributed by atoms with van der Waals surface area (Å²) in [5, 5.41) is 4.25. The molecule has 0 radical (unpaired) electrons. The Balaban J connectivity index is 1.15. The van der Waals surface area contributed by atoms with E-state index < -0.39 is 0 Å². The second-order valence-corrected chi connectivity index (χ2v) is 11.9. The van der Waals surface area contributed by atoms with Crippen LogP contribution < -0.4 is 0 Å². The summed E-state index contributed by atoms with van der Waals surface area (Å²) in [6.07, 6.45) is 12.6. The third-order valence-corrected chi connectivity index (χ3v) is 8.41. The second kappa shape index (κ2) is 15.0. The van der Waals surface area contributed by atoms with E-state index in [1.54, 1.807) is 23.5 Å². The highest BCUT2D eigenvalue weighted by Gasteiger charge is 2.05. The predicted molar refractivity (Wildman–Crippen MR) is 193 cm³/mol. The summed E-state index contributed by atoms with van der Waals surface area (Å²) in [5.74, 6) is 0. The van der Waals surface area contributed by atoms with E-state index in [0.29, 0.717) is 0 Å². The number of thioether (sulfide) groups is 2. The molecule has 0 amide bonds. The van der Waals surface area contributed by atoms with Crippen molar-refractivity contribution in [2.75, 3.05) is 0 Å². The minimum absolute atomic E-state index is 0.836. The number of nitrogens with zero attached hydrogens (tertiary/aromatic N) is 2. The van der Waals surface area contributed by atoms with E-state index in [1.165, 1.54) is 20.9 Å². The SMILES string of the molecule is C(=Cc1ccccc1)Sc1ccc(C=Cc2nc3ccccc3nc2C=Cc2ccc(SC=Cc3ccccc3)cc2)cc1. The molecule has 0 aliphatic carbocycles. The van der Waals surface area contributed by atoms with Gasteiger partial charge in [-0.05, 0) is 93.8 Å². The van der Waals surface area contributed by atoms with Crippen molar-refractivity contribution in [3.63, 3.8) is 0 Å². The van der Waals surface area contributed by atoms with Gasteiger partial charge < -0.3 is 0 Å². The lowest BCUT2D eigenvalue weighted by molar-refractivity contribution is 1.24. The first-order chi connectivity index (χ1) is 21.8. The predicted octanol–water partition coefficient (Wildman–Crippen LogP) is 11.5. The molecule has 0 saturated heterocycles. The average Bonchev–Trinajstić information content (AvgIpc) is 3.08. The van der Waals surface area contributed by atoms with E-state index in [2.05, 4.69) is 144 Å². The zero-order chi connectivity index (χ0) is 29.8. The van der Waals surface area contributed by atoms with Gasteiger partial charge in [-0.2, -0.15) is 0 Å². The summed E-state index contributed by atoms with van der Waals surface area (Å²) in [6.45, 7) is 0. The van der Waals surface area contributed by atoms with Crippen molar-refractivity contribution >= 4 is 71.0 Å². The number of hydrogen-bond acceptors (Lipinski definition) is 4. The Morgan fingerprint density at radius 1 is 0.341 bits per heavy atom. The summed E-state index contributed by atoms with van der Waals surface area (Å²) >= 11 is 3.42. The Bertz CT molecular complexity index is 1780. The lowest BCUT2D eigenvalue weighted by Crippen LogP contribution is -1.93. The Morgan fingerprint density at radius 2 is 0.705 bits per heavy atom. The zero-order valence-electron chi connectivity index (χ0n) is 24.0. The molecule has 5 aromatic carbocycles. The van der Waals surface area contributed by atoms with E-state index in [-0.39, 0.29) is 0 Å². The Hall–Kier alpha value is -4.90. The normalized spacial score (nSPS) is 11.9. The van der Waals surface area contributed by atoms with Gasteiger partial charge in [-0.25, -0.2) is 9.97 Å². The van der Waals surface area contributed by atoms with Crippen molar-refractivity contribution in [1.29, 1.82) is 0 Å². The van der Waals surface area contributed by atoms with Crippen LogP contribution in [0, 0.1) is 0 Å². The highest BCUT2D eigenvalue weighted by molar-refractivity contribution is 8.02. The molecule has 1 heterocycles. The lowest BCUT2D eigenvalue weighted by atomic mass is 10.1. The Labute approximate surface area is 267 Å². The summed E-state index contributed by atoms with van der Waals surface area (Å²) < 4.78 is 0. The van der Waals surface area contributed by atoms with Crippen LogP contribution in [0.25, 0.3) is 47.5 Å². The third kappa shape index (κ3) is 8.35. The highest BCUT2D eigenvalue weighted by Crippen LogP contribution is 2.24. The molecule has 1 aromatic heterocycles. The molecule has 6 aromatic rings. The topological polar surface area (TPSA) is 25.8 Å². The molecule has 0 fully saturated rings. The molecule has 0 atom stereocenters. The minimum atomic E-state index is 0.836. The highest BCUT2D eigenvalue weighted by atomic mass is 32.2. The molecular weight excluding hydrogens is 573 g/mol. The first-order valence-electron chi connectivity index (χ1n) is 14.4. The molecule has 44 heavy (non-hydrogen) atoms. The van der Waals surface area contributed by atoms with Crippen LogP contribution in [0.2, 0.25) is 0 Å². The van der Waals surface area contributed by atoms with Gasteiger partial charge in [0, 0.05) is 9.79 Å². The fourth-order valence-corrected chi connectivity index (χ4v) is 5.80. The first-order valence-corrected chi connectivity index (χ1v) is 16.1. The fraction of sp³-hybridized carbons (Fsp3) is 0. The smallest absolute Gasteiger partial charge is 0.0894 e. The van der Waals surface area contributed by atoms with Gasteiger partial charge in [0.15, 0.2) is 0 Å². The molecule has 0 saturated carbocycles. The Kier molecular flexibility index (Phi) is 9.96. The average molecular weight is 603 g/mol. The van der Waals surface area contributed by atoms with Gasteiger partial charge in [0.25, 0.3) is 0 Å².